The van der Waals surface area contributed by atoms with Gasteiger partial charge in [0.2, 0.25) is 0 Å². The quantitative estimate of drug-likeness (QED) is 0.713. The first kappa shape index (κ1) is 12.3. The summed E-state index contributed by atoms with van der Waals surface area (Å²) in [5.74, 6) is 0. The van der Waals surface area contributed by atoms with Crippen LogP contribution in [0.3, 0.4) is 0 Å². The van der Waals surface area contributed by atoms with Crippen LogP contribution < -0.4 is 10.6 Å². The number of hydrogen-bond donors (Lipinski definition) is 0. The Kier molecular flexibility index (Phi) is 4.34. The number of rotatable bonds is 4. The van der Waals surface area contributed by atoms with E-state index in [0.717, 1.165) is 5.66 Å². The van der Waals surface area contributed by atoms with E-state index in [1.807, 2.05) is 0 Å². The fourth-order valence-electron chi connectivity index (χ4n) is 2.02. The molecule has 0 heterocycles. The maximum Gasteiger partial charge on any atom is -0.0160 e. The highest BCUT2D eigenvalue weighted by molar-refractivity contribution is 7.73. The summed E-state index contributed by atoms with van der Waals surface area (Å²) in [6, 6.07) is 21.9. The lowest BCUT2D eigenvalue weighted by molar-refractivity contribution is 0.899. The van der Waals surface area contributed by atoms with Crippen LogP contribution in [-0.2, 0) is 0 Å². The van der Waals surface area contributed by atoms with Crippen molar-refractivity contribution in [3.8, 4) is 0 Å². The average molecular weight is 242 g/mol. The smallest absolute Gasteiger partial charge is 0.0160 e. The Balaban J connectivity index is 2.39. The molecule has 2 rings (SSSR count). The van der Waals surface area contributed by atoms with E-state index in [2.05, 4.69) is 74.5 Å². The molecule has 0 radical (unpaired) electrons. The normalized spacial score (nSPS) is 12.6. The van der Waals surface area contributed by atoms with E-state index < -0.39 is 0 Å². The van der Waals surface area contributed by atoms with Crippen LogP contribution in [0.15, 0.2) is 60.7 Å². The van der Waals surface area contributed by atoms with Crippen molar-refractivity contribution in [3.63, 3.8) is 0 Å². The number of benzene rings is 2. The molecule has 2 aromatic rings. The van der Waals surface area contributed by atoms with Crippen molar-refractivity contribution in [2.24, 2.45) is 0 Å². The second-order valence-electron chi connectivity index (χ2n) is 4.30. The van der Waals surface area contributed by atoms with E-state index in [4.69, 9.17) is 0 Å². The summed E-state index contributed by atoms with van der Waals surface area (Å²) in [5.41, 5.74) is 0.731. The molecule has 0 nitrogen and oxygen atoms in total. The lowest BCUT2D eigenvalue weighted by Crippen LogP contribution is -2.19. The van der Waals surface area contributed by atoms with Crippen molar-refractivity contribution in [2.75, 3.05) is 0 Å². The van der Waals surface area contributed by atoms with Gasteiger partial charge in [0, 0.05) is 0 Å². The van der Waals surface area contributed by atoms with Gasteiger partial charge in [-0.05, 0) is 30.6 Å². The lowest BCUT2D eigenvalue weighted by atomic mass is 10.3. The van der Waals surface area contributed by atoms with Gasteiger partial charge >= 0.3 is 0 Å². The maximum atomic E-state index is 2.37. The zero-order valence-corrected chi connectivity index (χ0v) is 11.4. The molecule has 0 aromatic heterocycles. The summed E-state index contributed by atoms with van der Waals surface area (Å²) >= 11 is 0. The van der Waals surface area contributed by atoms with Gasteiger partial charge in [-0.1, -0.05) is 74.5 Å². The largest absolute Gasteiger partial charge is 0.0648 e. The molecule has 0 aliphatic carbocycles. The van der Waals surface area contributed by atoms with Gasteiger partial charge in [-0.25, -0.2) is 0 Å². The molecule has 1 unspecified atom stereocenters. The van der Waals surface area contributed by atoms with Crippen molar-refractivity contribution in [3.05, 3.63) is 60.7 Å². The summed E-state index contributed by atoms with van der Waals surface area (Å²) in [6.45, 7) is 4.65. The molecule has 17 heavy (non-hydrogen) atoms. The van der Waals surface area contributed by atoms with Gasteiger partial charge in [-0.2, -0.15) is 0 Å². The van der Waals surface area contributed by atoms with E-state index >= 15 is 0 Å². The average Bonchev–Trinajstić information content (AvgIpc) is 2.41. The van der Waals surface area contributed by atoms with Crippen LogP contribution >= 0.6 is 7.92 Å². The second-order valence-corrected chi connectivity index (χ2v) is 6.95. The van der Waals surface area contributed by atoms with Gasteiger partial charge < -0.3 is 0 Å². The minimum Gasteiger partial charge on any atom is -0.0648 e. The van der Waals surface area contributed by atoms with E-state index in [1.165, 1.54) is 17.0 Å². The van der Waals surface area contributed by atoms with Crippen molar-refractivity contribution >= 4 is 18.5 Å². The third-order valence-corrected chi connectivity index (χ3v) is 6.06. The van der Waals surface area contributed by atoms with Crippen LogP contribution in [-0.4, -0.2) is 5.66 Å². The van der Waals surface area contributed by atoms with Crippen LogP contribution in [0.25, 0.3) is 0 Å². The fraction of sp³-hybridized carbons (Fsp3) is 0.250. The van der Waals surface area contributed by atoms with Crippen molar-refractivity contribution in [1.29, 1.82) is 0 Å². The van der Waals surface area contributed by atoms with Gasteiger partial charge in [0.1, 0.15) is 0 Å². The van der Waals surface area contributed by atoms with Crippen LogP contribution in [0.1, 0.15) is 20.3 Å². The Morgan fingerprint density at radius 1 is 0.824 bits per heavy atom. The van der Waals surface area contributed by atoms with Crippen LogP contribution in [0.2, 0.25) is 0 Å². The van der Waals surface area contributed by atoms with Gasteiger partial charge in [-0.15, -0.1) is 0 Å². The highest BCUT2D eigenvalue weighted by Crippen LogP contribution is 2.40. The topological polar surface area (TPSA) is 0 Å². The highest BCUT2D eigenvalue weighted by atomic mass is 31.1. The molecule has 0 saturated carbocycles. The monoisotopic (exact) mass is 242 g/mol. The first-order valence-corrected chi connectivity index (χ1v) is 7.63. The van der Waals surface area contributed by atoms with Gasteiger partial charge in [-0.3, -0.25) is 0 Å². The molecule has 0 fully saturated rings. The standard InChI is InChI=1S/C16H19P/c1-3-14(2)17(15-10-6-4-7-11-15)16-12-8-5-9-13-16/h4-14H,3H2,1-2H3. The molecular weight excluding hydrogens is 223 g/mol. The molecular formula is C16H19P. The summed E-state index contributed by atoms with van der Waals surface area (Å²) in [4.78, 5) is 0. The third kappa shape index (κ3) is 2.96. The van der Waals surface area contributed by atoms with Crippen LogP contribution in [0, 0.1) is 0 Å². The van der Waals surface area contributed by atoms with E-state index in [0.29, 0.717) is 0 Å². The van der Waals surface area contributed by atoms with Gasteiger partial charge in [0.25, 0.3) is 0 Å². The van der Waals surface area contributed by atoms with E-state index in [1.54, 1.807) is 0 Å². The molecule has 0 amide bonds. The highest BCUT2D eigenvalue weighted by Gasteiger charge is 2.18. The number of hydrogen-bond acceptors (Lipinski definition) is 0. The zero-order chi connectivity index (χ0) is 12.1. The molecule has 1 heteroatoms. The second kappa shape index (κ2) is 5.98. The van der Waals surface area contributed by atoms with Gasteiger partial charge in [0.05, 0.1) is 0 Å². The maximum absolute atomic E-state index is 2.37. The molecule has 0 aliphatic rings. The molecule has 0 aliphatic heterocycles. The lowest BCUT2D eigenvalue weighted by Gasteiger charge is -2.24. The van der Waals surface area contributed by atoms with Crippen LogP contribution in [0.4, 0.5) is 0 Å². The molecule has 0 spiro atoms. The Bertz CT molecular complexity index is 396. The Morgan fingerprint density at radius 3 is 1.59 bits per heavy atom. The third-order valence-electron chi connectivity index (χ3n) is 3.10. The van der Waals surface area contributed by atoms with Crippen molar-refractivity contribution in [2.45, 2.75) is 25.9 Å². The minimum absolute atomic E-state index is 0.212. The zero-order valence-electron chi connectivity index (χ0n) is 10.5. The fourth-order valence-corrected chi connectivity index (χ4v) is 4.69. The SMILES string of the molecule is CCC(C)P(c1ccccc1)c1ccccc1. The van der Waals surface area contributed by atoms with Crippen molar-refractivity contribution in [1.82, 2.24) is 0 Å². The summed E-state index contributed by atoms with van der Waals surface area (Å²) in [7, 11) is -0.212. The first-order chi connectivity index (χ1) is 8.33. The Labute approximate surface area is 105 Å². The van der Waals surface area contributed by atoms with Crippen molar-refractivity contribution < 1.29 is 0 Å². The predicted octanol–water partition coefficient (Wildman–Crippen LogP) is 3.92. The minimum atomic E-state index is -0.212. The molecule has 0 saturated heterocycles. The van der Waals surface area contributed by atoms with Crippen LogP contribution in [0.5, 0.6) is 0 Å². The summed E-state index contributed by atoms with van der Waals surface area (Å²) in [6.07, 6.45) is 1.23. The predicted molar refractivity (Wildman–Crippen MR) is 78.8 cm³/mol. The first-order valence-electron chi connectivity index (χ1n) is 6.22. The Hall–Kier alpha value is -1.13. The van der Waals surface area contributed by atoms with E-state index in [9.17, 15) is 0 Å². The van der Waals surface area contributed by atoms with Gasteiger partial charge in [0.15, 0.2) is 0 Å². The molecule has 1 atom stereocenters. The molecule has 88 valence electrons. The molecule has 0 bridgehead atoms. The molecule has 0 N–H and O–H groups in total. The summed E-state index contributed by atoms with van der Waals surface area (Å²) < 4.78 is 0. The Morgan fingerprint density at radius 2 is 1.24 bits per heavy atom. The van der Waals surface area contributed by atoms with E-state index in [-0.39, 0.29) is 7.92 Å². The molecule has 2 aromatic carbocycles. The summed E-state index contributed by atoms with van der Waals surface area (Å²) in [5, 5.41) is 2.98.